The van der Waals surface area contributed by atoms with Crippen LogP contribution in [0, 0.1) is 11.8 Å². The Hall–Kier alpha value is -1.42. The predicted molar refractivity (Wildman–Crippen MR) is 89.6 cm³/mol. The van der Waals surface area contributed by atoms with Gasteiger partial charge in [0.15, 0.2) is 0 Å². The first kappa shape index (κ1) is 15.0. The van der Waals surface area contributed by atoms with Crippen LogP contribution >= 0.6 is 11.3 Å². The van der Waals surface area contributed by atoms with Gasteiger partial charge in [-0.2, -0.15) is 5.10 Å². The van der Waals surface area contributed by atoms with E-state index in [4.69, 9.17) is 0 Å². The second kappa shape index (κ2) is 6.84. The average molecular weight is 289 g/mol. The monoisotopic (exact) mass is 289 g/mol. The molecule has 0 bridgehead atoms. The number of hydrogen-bond acceptors (Lipinski definition) is 4. The molecule has 0 unspecified atom stereocenters. The Kier molecular flexibility index (Phi) is 5.12. The molecule has 20 heavy (non-hydrogen) atoms. The van der Waals surface area contributed by atoms with Crippen LogP contribution in [0.2, 0.25) is 0 Å². The number of para-hydroxylation sites is 1. The molecular weight excluding hydrogens is 266 g/mol. The summed E-state index contributed by atoms with van der Waals surface area (Å²) in [6.07, 6.45) is 2.08. The summed E-state index contributed by atoms with van der Waals surface area (Å²) in [4.78, 5) is 4.54. The Morgan fingerprint density at radius 2 is 1.80 bits per heavy atom. The van der Waals surface area contributed by atoms with Crippen LogP contribution in [-0.4, -0.2) is 10.7 Å². The molecule has 4 heteroatoms. The zero-order chi connectivity index (χ0) is 14.5. The molecule has 0 fully saturated rings. The SMILES string of the molecule is CC(C)CC(CC(C)C)=NNc1nc2ccccc2s1. The van der Waals surface area contributed by atoms with Crippen molar-refractivity contribution < 1.29 is 0 Å². The third-order valence-corrected chi connectivity index (χ3v) is 3.83. The topological polar surface area (TPSA) is 37.3 Å². The van der Waals surface area contributed by atoms with Crippen LogP contribution in [0.15, 0.2) is 29.4 Å². The molecule has 0 atom stereocenters. The van der Waals surface area contributed by atoms with Crippen molar-refractivity contribution >= 4 is 32.4 Å². The number of nitrogens with zero attached hydrogens (tertiary/aromatic N) is 2. The lowest BCUT2D eigenvalue weighted by molar-refractivity contribution is 0.634. The van der Waals surface area contributed by atoms with Crippen molar-refractivity contribution in [1.29, 1.82) is 0 Å². The number of benzene rings is 1. The van der Waals surface area contributed by atoms with Crippen LogP contribution < -0.4 is 5.43 Å². The summed E-state index contributed by atoms with van der Waals surface area (Å²) in [6.45, 7) is 8.92. The van der Waals surface area contributed by atoms with E-state index in [1.54, 1.807) is 11.3 Å². The molecule has 108 valence electrons. The number of fused-ring (bicyclic) bond motifs is 1. The molecule has 0 aliphatic rings. The fourth-order valence-corrected chi connectivity index (χ4v) is 2.97. The molecule has 0 saturated carbocycles. The number of anilines is 1. The van der Waals surface area contributed by atoms with Crippen LogP contribution in [0.1, 0.15) is 40.5 Å². The lowest BCUT2D eigenvalue weighted by atomic mass is 9.99. The van der Waals surface area contributed by atoms with Crippen LogP contribution in [0.3, 0.4) is 0 Å². The standard InChI is InChI=1S/C16H23N3S/c1-11(2)9-13(10-12(3)4)18-19-16-17-14-7-5-6-8-15(14)20-16/h5-8,11-12H,9-10H2,1-4H3,(H,17,19). The average Bonchev–Trinajstić information content (AvgIpc) is 2.77. The summed E-state index contributed by atoms with van der Waals surface area (Å²) in [7, 11) is 0. The van der Waals surface area contributed by atoms with E-state index < -0.39 is 0 Å². The zero-order valence-corrected chi connectivity index (χ0v) is 13.5. The molecule has 0 spiro atoms. The molecule has 0 radical (unpaired) electrons. The first-order chi connectivity index (χ1) is 9.54. The highest BCUT2D eigenvalue weighted by Gasteiger charge is 2.07. The summed E-state index contributed by atoms with van der Waals surface area (Å²) in [5.41, 5.74) is 5.40. The molecule has 1 aromatic carbocycles. The van der Waals surface area contributed by atoms with Gasteiger partial charge in [-0.25, -0.2) is 4.98 Å². The fourth-order valence-electron chi connectivity index (χ4n) is 2.16. The largest absolute Gasteiger partial charge is 0.253 e. The van der Waals surface area contributed by atoms with Gasteiger partial charge in [-0.1, -0.05) is 51.2 Å². The fraction of sp³-hybridized carbons (Fsp3) is 0.500. The Balaban J connectivity index is 2.11. The van der Waals surface area contributed by atoms with Gasteiger partial charge in [-0.15, -0.1) is 0 Å². The van der Waals surface area contributed by atoms with Gasteiger partial charge < -0.3 is 0 Å². The smallest absolute Gasteiger partial charge is 0.204 e. The second-order valence-electron chi connectivity index (χ2n) is 5.97. The van der Waals surface area contributed by atoms with Crippen molar-refractivity contribution in [3.05, 3.63) is 24.3 Å². The van der Waals surface area contributed by atoms with Crippen molar-refractivity contribution in [2.45, 2.75) is 40.5 Å². The quantitative estimate of drug-likeness (QED) is 0.589. The van der Waals surface area contributed by atoms with Crippen molar-refractivity contribution in [3.8, 4) is 0 Å². The highest BCUT2D eigenvalue weighted by Crippen LogP contribution is 2.25. The lowest BCUT2D eigenvalue weighted by Crippen LogP contribution is -2.09. The van der Waals surface area contributed by atoms with Gasteiger partial charge in [0, 0.05) is 5.71 Å². The third-order valence-electron chi connectivity index (χ3n) is 2.89. The Morgan fingerprint density at radius 3 is 2.40 bits per heavy atom. The van der Waals surface area contributed by atoms with E-state index >= 15 is 0 Å². The van der Waals surface area contributed by atoms with E-state index in [1.165, 1.54) is 10.4 Å². The maximum Gasteiger partial charge on any atom is 0.204 e. The molecule has 3 nitrogen and oxygen atoms in total. The maximum atomic E-state index is 4.58. The summed E-state index contributed by atoms with van der Waals surface area (Å²) in [6, 6.07) is 8.17. The van der Waals surface area contributed by atoms with Gasteiger partial charge >= 0.3 is 0 Å². The number of aromatic nitrogens is 1. The highest BCUT2D eigenvalue weighted by atomic mass is 32.1. The molecule has 0 amide bonds. The van der Waals surface area contributed by atoms with E-state index in [-0.39, 0.29) is 0 Å². The lowest BCUT2D eigenvalue weighted by Gasteiger charge is -2.11. The van der Waals surface area contributed by atoms with Crippen molar-refractivity contribution in [1.82, 2.24) is 4.98 Å². The van der Waals surface area contributed by atoms with Crippen molar-refractivity contribution in [2.24, 2.45) is 16.9 Å². The molecule has 1 aromatic heterocycles. The molecular formula is C16H23N3S. The summed E-state index contributed by atoms with van der Waals surface area (Å²) in [5, 5.41) is 5.46. The molecule has 2 aromatic rings. The van der Waals surface area contributed by atoms with Crippen LogP contribution in [0.5, 0.6) is 0 Å². The molecule has 0 aliphatic heterocycles. The number of rotatable bonds is 6. The van der Waals surface area contributed by atoms with Crippen molar-refractivity contribution in [3.63, 3.8) is 0 Å². The minimum Gasteiger partial charge on any atom is -0.253 e. The number of hydrogen-bond donors (Lipinski definition) is 1. The Bertz CT molecular complexity index is 539. The Labute approximate surface area is 125 Å². The normalized spacial score (nSPS) is 11.3. The summed E-state index contributed by atoms with van der Waals surface area (Å²) >= 11 is 1.65. The van der Waals surface area contributed by atoms with Crippen LogP contribution in [-0.2, 0) is 0 Å². The number of hydrazone groups is 1. The van der Waals surface area contributed by atoms with Crippen LogP contribution in [0.4, 0.5) is 5.13 Å². The van der Waals surface area contributed by atoms with Crippen LogP contribution in [0.25, 0.3) is 10.2 Å². The van der Waals surface area contributed by atoms with Gasteiger partial charge in [0.05, 0.1) is 10.2 Å². The van der Waals surface area contributed by atoms with E-state index in [2.05, 4.69) is 49.3 Å². The van der Waals surface area contributed by atoms with E-state index in [0.717, 1.165) is 23.5 Å². The third kappa shape index (κ3) is 4.30. The molecule has 0 aliphatic carbocycles. The minimum atomic E-state index is 0.629. The summed E-state index contributed by atoms with van der Waals surface area (Å²) in [5.74, 6) is 1.26. The Morgan fingerprint density at radius 1 is 1.15 bits per heavy atom. The highest BCUT2D eigenvalue weighted by molar-refractivity contribution is 7.22. The second-order valence-corrected chi connectivity index (χ2v) is 7.00. The van der Waals surface area contributed by atoms with Gasteiger partial charge in [0.2, 0.25) is 5.13 Å². The molecule has 2 rings (SSSR count). The first-order valence-electron chi connectivity index (χ1n) is 7.21. The van der Waals surface area contributed by atoms with Gasteiger partial charge in [-0.05, 0) is 36.8 Å². The maximum absolute atomic E-state index is 4.58. The van der Waals surface area contributed by atoms with E-state index in [0.29, 0.717) is 11.8 Å². The van der Waals surface area contributed by atoms with Gasteiger partial charge in [0.1, 0.15) is 0 Å². The van der Waals surface area contributed by atoms with Gasteiger partial charge in [0.25, 0.3) is 0 Å². The van der Waals surface area contributed by atoms with E-state index in [1.807, 2.05) is 18.2 Å². The van der Waals surface area contributed by atoms with Crippen molar-refractivity contribution in [2.75, 3.05) is 5.43 Å². The number of nitrogens with one attached hydrogen (secondary N) is 1. The molecule has 0 saturated heterocycles. The van der Waals surface area contributed by atoms with E-state index in [9.17, 15) is 0 Å². The van der Waals surface area contributed by atoms with Gasteiger partial charge in [-0.3, -0.25) is 5.43 Å². The summed E-state index contributed by atoms with van der Waals surface area (Å²) < 4.78 is 1.19. The number of thiazole rings is 1. The molecule has 1 heterocycles. The molecule has 1 N–H and O–H groups in total. The minimum absolute atomic E-state index is 0.629. The zero-order valence-electron chi connectivity index (χ0n) is 12.7. The predicted octanol–water partition coefficient (Wildman–Crippen LogP) is 5.16. The first-order valence-corrected chi connectivity index (χ1v) is 8.03.